The number of nitrogen functional groups attached to an aromatic ring is 1. The number of rotatable bonds is 17. The van der Waals surface area contributed by atoms with Crippen LogP contribution in [0.25, 0.3) is 11.2 Å². The monoisotopic (exact) mass is 556 g/mol. The maximum atomic E-state index is 13.8. The first-order valence-electron chi connectivity index (χ1n) is 12.8. The van der Waals surface area contributed by atoms with Crippen molar-refractivity contribution in [2.45, 2.75) is 91.5 Å². The molecule has 0 spiro atoms. The molecule has 0 saturated heterocycles. The van der Waals surface area contributed by atoms with E-state index in [0.717, 1.165) is 19.3 Å². The molecule has 0 aliphatic carbocycles. The minimum Gasteiger partial charge on any atom is -0.464 e. The molecule has 0 aliphatic heterocycles. The first-order valence-corrected chi connectivity index (χ1v) is 14.6. The van der Waals surface area contributed by atoms with E-state index in [1.807, 2.05) is 0 Å². The van der Waals surface area contributed by atoms with E-state index in [1.165, 1.54) is 6.33 Å². The van der Waals surface area contributed by atoms with Gasteiger partial charge < -0.3 is 29.0 Å². The van der Waals surface area contributed by atoms with Gasteiger partial charge in [0.2, 0.25) is 0 Å². The van der Waals surface area contributed by atoms with Crippen molar-refractivity contribution in [1.29, 1.82) is 0 Å². The number of nitrogens with one attached hydrogen (secondary N) is 1. The SMILES string of the molecule is CCCCCOC(=O)C(C)(C)NP(=O)(CO[C@@H](C)Cn1cnc2c(N)ncnc21)OCCC(=O)OC(C)C. The molecule has 1 unspecified atom stereocenters. The lowest BCUT2D eigenvalue weighted by molar-refractivity contribution is -0.150. The number of anilines is 1. The smallest absolute Gasteiger partial charge is 0.326 e. The van der Waals surface area contributed by atoms with Crippen molar-refractivity contribution in [2.75, 3.05) is 25.3 Å². The lowest BCUT2D eigenvalue weighted by Gasteiger charge is -2.30. The van der Waals surface area contributed by atoms with E-state index in [1.54, 1.807) is 45.5 Å². The van der Waals surface area contributed by atoms with Gasteiger partial charge in [0, 0.05) is 0 Å². The average Bonchev–Trinajstić information content (AvgIpc) is 3.23. The van der Waals surface area contributed by atoms with Gasteiger partial charge in [-0.05, 0) is 41.0 Å². The van der Waals surface area contributed by atoms with Crippen LogP contribution in [0.1, 0.15) is 67.2 Å². The van der Waals surface area contributed by atoms with Crippen LogP contribution in [0, 0.1) is 0 Å². The van der Waals surface area contributed by atoms with Gasteiger partial charge in [-0.1, -0.05) is 19.8 Å². The Hall–Kier alpha value is -2.60. The molecule has 214 valence electrons. The number of hydrogen-bond acceptors (Lipinski definition) is 11. The van der Waals surface area contributed by atoms with Crippen LogP contribution in [-0.4, -0.2) is 68.8 Å². The molecule has 3 N–H and O–H groups in total. The van der Waals surface area contributed by atoms with Crippen LogP contribution in [0.2, 0.25) is 0 Å². The molecule has 14 heteroatoms. The summed E-state index contributed by atoms with van der Waals surface area (Å²) in [5.41, 5.74) is 5.53. The van der Waals surface area contributed by atoms with Gasteiger partial charge in [-0.25, -0.2) is 20.0 Å². The second kappa shape index (κ2) is 14.5. The number of unbranched alkanes of at least 4 members (excludes halogenated alkanes) is 2. The van der Waals surface area contributed by atoms with Crippen molar-refractivity contribution in [3.8, 4) is 0 Å². The molecule has 0 amide bonds. The topological polar surface area (TPSA) is 170 Å². The summed E-state index contributed by atoms with van der Waals surface area (Å²) in [5, 5.41) is 2.80. The van der Waals surface area contributed by atoms with E-state index < -0.39 is 31.1 Å². The number of fused-ring (bicyclic) bond motifs is 1. The van der Waals surface area contributed by atoms with Gasteiger partial charge in [0.15, 0.2) is 11.5 Å². The average molecular weight is 557 g/mol. The minimum atomic E-state index is -3.78. The number of nitrogens with zero attached hydrogens (tertiary/aromatic N) is 4. The van der Waals surface area contributed by atoms with Crippen molar-refractivity contribution < 1.29 is 32.9 Å². The number of aromatic nitrogens is 4. The largest absolute Gasteiger partial charge is 0.464 e. The Morgan fingerprint density at radius 3 is 2.58 bits per heavy atom. The molecule has 2 rings (SSSR count). The fourth-order valence-corrected chi connectivity index (χ4v) is 5.44. The van der Waals surface area contributed by atoms with Crippen molar-refractivity contribution in [3.05, 3.63) is 12.7 Å². The van der Waals surface area contributed by atoms with E-state index >= 15 is 0 Å². The zero-order valence-electron chi connectivity index (χ0n) is 23.1. The number of carbonyl (C=O) groups excluding carboxylic acids is 2. The van der Waals surface area contributed by atoms with Crippen molar-refractivity contribution in [3.63, 3.8) is 0 Å². The Bertz CT molecular complexity index is 1110. The lowest BCUT2D eigenvalue weighted by atomic mass is 10.1. The molecule has 2 aromatic heterocycles. The Balaban J connectivity index is 2.06. The number of nitrogens with two attached hydrogens (primary N) is 1. The summed E-state index contributed by atoms with van der Waals surface area (Å²) in [6, 6.07) is 0. The molecule has 0 aliphatic rings. The molecule has 2 aromatic rings. The Morgan fingerprint density at radius 2 is 1.89 bits per heavy atom. The number of imidazole rings is 1. The van der Waals surface area contributed by atoms with E-state index in [9.17, 15) is 14.2 Å². The summed E-state index contributed by atoms with van der Waals surface area (Å²) in [4.78, 5) is 37.0. The normalized spacial score (nSPS) is 14.4. The van der Waals surface area contributed by atoms with Crippen molar-refractivity contribution >= 4 is 36.4 Å². The predicted octanol–water partition coefficient (Wildman–Crippen LogP) is 3.42. The third-order valence-corrected chi connectivity index (χ3v) is 7.32. The van der Waals surface area contributed by atoms with Crippen molar-refractivity contribution in [1.82, 2.24) is 24.6 Å². The quantitative estimate of drug-likeness (QED) is 0.166. The maximum Gasteiger partial charge on any atom is 0.326 e. The fraction of sp³-hybridized carbons (Fsp3) is 0.708. The summed E-state index contributed by atoms with van der Waals surface area (Å²) in [7, 11) is -3.78. The Labute approximate surface area is 223 Å². The summed E-state index contributed by atoms with van der Waals surface area (Å²) in [6.07, 6.45) is 4.40. The molecule has 0 bridgehead atoms. The van der Waals surface area contributed by atoms with Crippen LogP contribution < -0.4 is 10.8 Å². The Morgan fingerprint density at radius 1 is 1.16 bits per heavy atom. The molecule has 0 radical (unpaired) electrons. The van der Waals surface area contributed by atoms with Gasteiger partial charge in [-0.2, -0.15) is 0 Å². The highest BCUT2D eigenvalue weighted by Crippen LogP contribution is 2.45. The number of esters is 2. The van der Waals surface area contributed by atoms with Crippen LogP contribution in [-0.2, 0) is 39.4 Å². The molecule has 13 nitrogen and oxygen atoms in total. The molecular formula is C24H41N6O7P. The van der Waals surface area contributed by atoms with Crippen LogP contribution in [0.4, 0.5) is 5.82 Å². The van der Waals surface area contributed by atoms with Crippen LogP contribution in [0.5, 0.6) is 0 Å². The van der Waals surface area contributed by atoms with Crippen LogP contribution in [0.15, 0.2) is 12.7 Å². The van der Waals surface area contributed by atoms with E-state index in [4.69, 9.17) is 24.5 Å². The third kappa shape index (κ3) is 9.94. The van der Waals surface area contributed by atoms with Crippen molar-refractivity contribution in [2.24, 2.45) is 0 Å². The van der Waals surface area contributed by atoms with E-state index in [2.05, 4.69) is 27.0 Å². The predicted molar refractivity (Wildman–Crippen MR) is 142 cm³/mol. The number of hydrogen-bond donors (Lipinski definition) is 2. The van der Waals surface area contributed by atoms with Gasteiger partial charge in [0.05, 0.1) is 44.7 Å². The summed E-state index contributed by atoms with van der Waals surface area (Å²) in [6.45, 7) is 10.8. The molecule has 2 heterocycles. The van der Waals surface area contributed by atoms with E-state index in [0.29, 0.717) is 17.7 Å². The zero-order chi connectivity index (χ0) is 28.3. The third-order valence-electron chi connectivity index (χ3n) is 5.33. The summed E-state index contributed by atoms with van der Waals surface area (Å²) in [5.74, 6) is -0.778. The van der Waals surface area contributed by atoms with Gasteiger partial charge in [0.1, 0.15) is 23.7 Å². The van der Waals surface area contributed by atoms with Gasteiger partial charge in [-0.15, -0.1) is 0 Å². The van der Waals surface area contributed by atoms with Gasteiger partial charge in [0.25, 0.3) is 7.52 Å². The molecule has 0 aromatic carbocycles. The highest BCUT2D eigenvalue weighted by molar-refractivity contribution is 7.56. The number of ether oxygens (including phenoxy) is 3. The lowest BCUT2D eigenvalue weighted by Crippen LogP contribution is -2.47. The number of carbonyl (C=O) groups is 2. The maximum absolute atomic E-state index is 13.8. The second-order valence-corrected chi connectivity index (χ2v) is 11.9. The molecule has 0 fully saturated rings. The zero-order valence-corrected chi connectivity index (χ0v) is 24.0. The first-order chi connectivity index (χ1) is 17.9. The highest BCUT2D eigenvalue weighted by Gasteiger charge is 2.38. The van der Waals surface area contributed by atoms with Gasteiger partial charge >= 0.3 is 11.9 Å². The fourth-order valence-electron chi connectivity index (χ4n) is 3.46. The molecule has 2 atom stereocenters. The second-order valence-electron chi connectivity index (χ2n) is 9.81. The van der Waals surface area contributed by atoms with Crippen LogP contribution in [0.3, 0.4) is 0 Å². The Kier molecular flexibility index (Phi) is 12.1. The van der Waals surface area contributed by atoms with Gasteiger partial charge in [-0.3, -0.25) is 14.2 Å². The highest BCUT2D eigenvalue weighted by atomic mass is 31.2. The minimum absolute atomic E-state index is 0.108. The van der Waals surface area contributed by atoms with Crippen LogP contribution >= 0.6 is 7.52 Å². The first kappa shape index (κ1) is 31.6. The van der Waals surface area contributed by atoms with E-state index in [-0.39, 0.29) is 37.9 Å². The molecule has 38 heavy (non-hydrogen) atoms. The standard InChI is InChI=1S/C24H41N6O7P/c1-7-8-9-11-34-23(32)24(5,6)29-38(33,36-12-10-19(31)37-17(2)3)16-35-18(4)13-30-15-28-20-21(25)26-14-27-22(20)30/h14-15,17-18H,7-13,16H2,1-6H3,(H,29,33)(H2,25,26,27)/t18-,38?/m0/s1. The molecular weight excluding hydrogens is 515 g/mol. The summed E-state index contributed by atoms with van der Waals surface area (Å²) < 4.78 is 37.5. The summed E-state index contributed by atoms with van der Waals surface area (Å²) >= 11 is 0. The molecule has 0 saturated carbocycles.